The number of nitrogens with zero attached hydrogens (tertiary/aromatic N) is 3. The number of fused-ring (bicyclic) bond motifs is 1. The first-order valence-electron chi connectivity index (χ1n) is 7.09. The molecule has 19 heavy (non-hydrogen) atoms. The van der Waals surface area contributed by atoms with E-state index < -0.39 is 0 Å². The molecule has 1 fully saturated rings. The van der Waals surface area contributed by atoms with E-state index in [0.717, 1.165) is 18.0 Å². The normalized spacial score (nSPS) is 17.2. The third-order valence-electron chi connectivity index (χ3n) is 4.08. The molecule has 0 aliphatic heterocycles. The van der Waals surface area contributed by atoms with E-state index >= 15 is 0 Å². The highest BCUT2D eigenvalue weighted by atomic mass is 16.1. The van der Waals surface area contributed by atoms with E-state index in [-0.39, 0.29) is 5.56 Å². The van der Waals surface area contributed by atoms with Gasteiger partial charge in [0, 0.05) is 6.54 Å². The number of hydrogen-bond donors (Lipinski definition) is 1. The minimum atomic E-state index is -0.131. The summed E-state index contributed by atoms with van der Waals surface area (Å²) in [6.45, 7) is 4.71. The summed E-state index contributed by atoms with van der Waals surface area (Å²) in [4.78, 5) is 23.4. The molecule has 0 atom stereocenters. The molecule has 0 unspecified atom stereocenters. The van der Waals surface area contributed by atoms with Crippen molar-refractivity contribution in [3.8, 4) is 0 Å². The molecule has 0 radical (unpaired) electrons. The number of imidazole rings is 1. The van der Waals surface area contributed by atoms with Crippen LogP contribution in [0.4, 0.5) is 0 Å². The first-order chi connectivity index (χ1) is 9.15. The molecule has 5 heteroatoms. The van der Waals surface area contributed by atoms with Crippen molar-refractivity contribution in [2.24, 2.45) is 5.92 Å². The van der Waals surface area contributed by atoms with E-state index in [2.05, 4.69) is 19.5 Å². The number of H-pyrrole nitrogens is 1. The van der Waals surface area contributed by atoms with Gasteiger partial charge in [0.2, 0.25) is 0 Å². The zero-order chi connectivity index (χ0) is 13.4. The Hall–Kier alpha value is -1.65. The SMILES string of the molecule is Cc1nc2c(nc(C)n2CC2CCCCC2)c(=O)[nH]1. The molecule has 1 N–H and O–H groups in total. The number of aromatic nitrogens is 4. The van der Waals surface area contributed by atoms with Crippen molar-refractivity contribution < 1.29 is 0 Å². The molecule has 5 nitrogen and oxygen atoms in total. The average Bonchev–Trinajstić information content (AvgIpc) is 2.69. The van der Waals surface area contributed by atoms with Crippen molar-refractivity contribution in [2.75, 3.05) is 0 Å². The Morgan fingerprint density at radius 2 is 1.95 bits per heavy atom. The third-order valence-corrected chi connectivity index (χ3v) is 4.08. The van der Waals surface area contributed by atoms with Gasteiger partial charge in [0.1, 0.15) is 11.6 Å². The van der Waals surface area contributed by atoms with Crippen molar-refractivity contribution in [3.05, 3.63) is 22.0 Å². The van der Waals surface area contributed by atoms with Crippen molar-refractivity contribution in [2.45, 2.75) is 52.5 Å². The summed E-state index contributed by atoms with van der Waals surface area (Å²) in [6, 6.07) is 0. The topological polar surface area (TPSA) is 63.6 Å². The van der Waals surface area contributed by atoms with Crippen LogP contribution in [-0.2, 0) is 6.54 Å². The average molecular weight is 260 g/mol. The maximum absolute atomic E-state index is 11.9. The summed E-state index contributed by atoms with van der Waals surface area (Å²) >= 11 is 0. The van der Waals surface area contributed by atoms with E-state index in [1.54, 1.807) is 0 Å². The number of aryl methyl sites for hydroxylation is 2. The van der Waals surface area contributed by atoms with Crippen LogP contribution in [-0.4, -0.2) is 19.5 Å². The number of nitrogens with one attached hydrogen (secondary N) is 1. The summed E-state index contributed by atoms with van der Waals surface area (Å²) in [5.41, 5.74) is 1.08. The maximum Gasteiger partial charge on any atom is 0.279 e. The third kappa shape index (κ3) is 2.29. The molecule has 0 amide bonds. The largest absolute Gasteiger partial charge is 0.312 e. The van der Waals surface area contributed by atoms with E-state index in [1.165, 1.54) is 32.1 Å². The van der Waals surface area contributed by atoms with Gasteiger partial charge in [0.15, 0.2) is 11.2 Å². The lowest BCUT2D eigenvalue weighted by atomic mass is 9.89. The van der Waals surface area contributed by atoms with Gasteiger partial charge in [-0.3, -0.25) is 4.79 Å². The van der Waals surface area contributed by atoms with E-state index in [4.69, 9.17) is 0 Å². The highest BCUT2D eigenvalue weighted by molar-refractivity contribution is 5.70. The lowest BCUT2D eigenvalue weighted by Crippen LogP contribution is -2.16. The van der Waals surface area contributed by atoms with Crippen molar-refractivity contribution in [1.29, 1.82) is 0 Å². The van der Waals surface area contributed by atoms with Crippen LogP contribution in [0.2, 0.25) is 0 Å². The molecule has 0 spiro atoms. The van der Waals surface area contributed by atoms with Crippen LogP contribution >= 0.6 is 0 Å². The fourth-order valence-corrected chi connectivity index (χ4v) is 3.08. The smallest absolute Gasteiger partial charge is 0.279 e. The molecule has 2 aromatic rings. The van der Waals surface area contributed by atoms with Gasteiger partial charge in [-0.05, 0) is 32.6 Å². The molecule has 102 valence electrons. The Morgan fingerprint density at radius 3 is 2.68 bits per heavy atom. The second kappa shape index (κ2) is 4.79. The van der Waals surface area contributed by atoms with Crippen LogP contribution in [0.15, 0.2) is 4.79 Å². The van der Waals surface area contributed by atoms with Crippen LogP contribution in [0.5, 0.6) is 0 Å². The standard InChI is InChI=1S/C14H20N4O/c1-9-15-13-12(14(19)16-9)17-10(2)18(13)8-11-6-4-3-5-7-11/h11H,3-8H2,1-2H3,(H,15,16,19). The predicted molar refractivity (Wildman–Crippen MR) is 74.2 cm³/mol. The van der Waals surface area contributed by atoms with Gasteiger partial charge in [-0.2, -0.15) is 0 Å². The minimum absolute atomic E-state index is 0.131. The minimum Gasteiger partial charge on any atom is -0.312 e. The summed E-state index contributed by atoms with van der Waals surface area (Å²) in [5, 5.41) is 0. The molecule has 0 saturated heterocycles. The summed E-state index contributed by atoms with van der Waals surface area (Å²) in [5.74, 6) is 2.25. The van der Waals surface area contributed by atoms with Crippen LogP contribution in [0.25, 0.3) is 11.2 Å². The Kier molecular flexibility index (Phi) is 3.12. The predicted octanol–water partition coefficient (Wildman–Crippen LogP) is 2.32. The van der Waals surface area contributed by atoms with Crippen molar-refractivity contribution in [1.82, 2.24) is 19.5 Å². The van der Waals surface area contributed by atoms with Gasteiger partial charge in [-0.15, -0.1) is 0 Å². The number of aromatic amines is 1. The summed E-state index contributed by atoms with van der Waals surface area (Å²) in [6.07, 6.45) is 6.56. The van der Waals surface area contributed by atoms with Crippen molar-refractivity contribution >= 4 is 11.2 Å². The highest BCUT2D eigenvalue weighted by Crippen LogP contribution is 2.26. The second-order valence-corrected chi connectivity index (χ2v) is 5.60. The lowest BCUT2D eigenvalue weighted by Gasteiger charge is -2.22. The first-order valence-corrected chi connectivity index (χ1v) is 7.09. The van der Waals surface area contributed by atoms with Crippen LogP contribution in [0.1, 0.15) is 43.8 Å². The monoisotopic (exact) mass is 260 g/mol. The number of hydrogen-bond acceptors (Lipinski definition) is 3. The van der Waals surface area contributed by atoms with E-state index in [9.17, 15) is 4.79 Å². The molecule has 2 heterocycles. The lowest BCUT2D eigenvalue weighted by molar-refractivity contribution is 0.319. The molecule has 0 aromatic carbocycles. The molecule has 3 rings (SSSR count). The van der Waals surface area contributed by atoms with Gasteiger partial charge < -0.3 is 9.55 Å². The molecule has 2 aromatic heterocycles. The molecule has 1 aliphatic rings. The fraction of sp³-hybridized carbons (Fsp3) is 0.643. The number of rotatable bonds is 2. The zero-order valence-corrected chi connectivity index (χ0v) is 11.6. The van der Waals surface area contributed by atoms with Gasteiger partial charge in [0.25, 0.3) is 5.56 Å². The molecule has 0 bridgehead atoms. The van der Waals surface area contributed by atoms with Gasteiger partial charge >= 0.3 is 0 Å². The maximum atomic E-state index is 11.9. The Balaban J connectivity index is 2.02. The summed E-state index contributed by atoms with van der Waals surface area (Å²) in [7, 11) is 0. The molecular formula is C14H20N4O. The van der Waals surface area contributed by atoms with Crippen LogP contribution in [0.3, 0.4) is 0 Å². The Bertz CT molecular complexity index is 649. The van der Waals surface area contributed by atoms with Crippen molar-refractivity contribution in [3.63, 3.8) is 0 Å². The Labute approximate surface area is 112 Å². The fourth-order valence-electron chi connectivity index (χ4n) is 3.08. The van der Waals surface area contributed by atoms with E-state index in [1.807, 2.05) is 13.8 Å². The molecule has 1 saturated carbocycles. The summed E-state index contributed by atoms with van der Waals surface area (Å²) < 4.78 is 2.12. The first kappa shape index (κ1) is 12.4. The van der Waals surface area contributed by atoms with Gasteiger partial charge in [-0.1, -0.05) is 19.3 Å². The van der Waals surface area contributed by atoms with Crippen LogP contribution < -0.4 is 5.56 Å². The second-order valence-electron chi connectivity index (χ2n) is 5.60. The highest BCUT2D eigenvalue weighted by Gasteiger charge is 2.18. The Morgan fingerprint density at radius 1 is 1.21 bits per heavy atom. The molecule has 1 aliphatic carbocycles. The zero-order valence-electron chi connectivity index (χ0n) is 11.6. The quantitative estimate of drug-likeness (QED) is 0.901. The van der Waals surface area contributed by atoms with E-state index in [0.29, 0.717) is 17.3 Å². The molecular weight excluding hydrogens is 240 g/mol. The van der Waals surface area contributed by atoms with Gasteiger partial charge in [0.05, 0.1) is 0 Å². The van der Waals surface area contributed by atoms with Crippen LogP contribution in [0, 0.1) is 19.8 Å². The van der Waals surface area contributed by atoms with Gasteiger partial charge in [-0.25, -0.2) is 9.97 Å².